The number of nitrogens with zero attached hydrogens (tertiary/aromatic N) is 4. The summed E-state index contributed by atoms with van der Waals surface area (Å²) in [6.07, 6.45) is 7.01. The average molecular weight is 358 g/mol. The summed E-state index contributed by atoms with van der Waals surface area (Å²) in [5.74, 6) is 1.11. The molecule has 2 aromatic rings. The lowest BCUT2D eigenvalue weighted by Gasteiger charge is -2.52. The minimum absolute atomic E-state index is 0.0129. The summed E-state index contributed by atoms with van der Waals surface area (Å²) in [5, 5.41) is 3.74. The molecule has 138 valence electrons. The van der Waals surface area contributed by atoms with Crippen LogP contribution in [-0.4, -0.2) is 57.3 Å². The third kappa shape index (κ3) is 3.16. The summed E-state index contributed by atoms with van der Waals surface area (Å²) in [6.45, 7) is 5.55. The van der Waals surface area contributed by atoms with Crippen molar-refractivity contribution in [1.82, 2.24) is 20.0 Å². The molecule has 2 aliphatic rings. The van der Waals surface area contributed by atoms with Gasteiger partial charge in [0.05, 0.1) is 37.8 Å². The van der Waals surface area contributed by atoms with Gasteiger partial charge in [-0.25, -0.2) is 4.98 Å². The standard InChI is InChI=1S/C18H22N4O4/c1-3-15-14(8-20-26-15)17(23)22-10-18(11-22)6-13(4-5-24-18)25-16-9-19-7-12(2)21-16/h7-9,13H,3-6,10-11H2,1-2H3/t13-/m0/s1. The van der Waals surface area contributed by atoms with Gasteiger partial charge in [0.1, 0.15) is 23.0 Å². The largest absolute Gasteiger partial charge is 0.473 e. The number of ether oxygens (including phenoxy) is 2. The topological polar surface area (TPSA) is 90.6 Å². The maximum Gasteiger partial charge on any atom is 0.259 e. The van der Waals surface area contributed by atoms with Gasteiger partial charge in [-0.3, -0.25) is 9.78 Å². The van der Waals surface area contributed by atoms with Gasteiger partial charge in [0.15, 0.2) is 0 Å². The van der Waals surface area contributed by atoms with Crippen molar-refractivity contribution in [3.63, 3.8) is 0 Å². The Hall–Kier alpha value is -2.48. The lowest BCUT2D eigenvalue weighted by molar-refractivity contribution is -0.174. The third-order valence-corrected chi connectivity index (χ3v) is 4.91. The number of aromatic nitrogens is 3. The fourth-order valence-corrected chi connectivity index (χ4v) is 3.63. The molecule has 8 heteroatoms. The van der Waals surface area contributed by atoms with E-state index in [0.29, 0.717) is 43.3 Å². The van der Waals surface area contributed by atoms with E-state index >= 15 is 0 Å². The van der Waals surface area contributed by atoms with Crippen molar-refractivity contribution in [2.75, 3.05) is 19.7 Å². The minimum Gasteiger partial charge on any atom is -0.473 e. The van der Waals surface area contributed by atoms with E-state index in [2.05, 4.69) is 15.1 Å². The van der Waals surface area contributed by atoms with Crippen molar-refractivity contribution in [2.45, 2.75) is 44.8 Å². The van der Waals surface area contributed by atoms with Crippen LogP contribution in [0.4, 0.5) is 0 Å². The molecule has 0 saturated carbocycles. The monoisotopic (exact) mass is 358 g/mol. The van der Waals surface area contributed by atoms with Gasteiger partial charge in [0.2, 0.25) is 5.88 Å². The van der Waals surface area contributed by atoms with Crippen LogP contribution in [0.15, 0.2) is 23.1 Å². The predicted octanol–water partition coefficient (Wildman–Crippen LogP) is 1.79. The number of amides is 1. The Balaban J connectivity index is 1.38. The van der Waals surface area contributed by atoms with E-state index in [1.807, 2.05) is 13.8 Å². The molecule has 4 heterocycles. The minimum atomic E-state index is -0.334. The highest BCUT2D eigenvalue weighted by Crippen LogP contribution is 2.36. The molecule has 8 nitrogen and oxygen atoms in total. The molecular formula is C18H22N4O4. The molecule has 1 spiro atoms. The molecule has 0 aliphatic carbocycles. The van der Waals surface area contributed by atoms with Crippen LogP contribution in [0.3, 0.4) is 0 Å². The zero-order valence-electron chi connectivity index (χ0n) is 15.0. The van der Waals surface area contributed by atoms with E-state index in [1.165, 1.54) is 6.20 Å². The lowest BCUT2D eigenvalue weighted by atomic mass is 9.84. The first-order valence-electron chi connectivity index (χ1n) is 8.91. The molecular weight excluding hydrogens is 336 g/mol. The zero-order valence-corrected chi connectivity index (χ0v) is 15.0. The van der Waals surface area contributed by atoms with E-state index in [-0.39, 0.29) is 17.6 Å². The van der Waals surface area contributed by atoms with Gasteiger partial charge in [-0.05, 0) is 6.92 Å². The Morgan fingerprint density at radius 2 is 2.23 bits per heavy atom. The Morgan fingerprint density at radius 3 is 3.00 bits per heavy atom. The summed E-state index contributed by atoms with van der Waals surface area (Å²) < 4.78 is 17.1. The Kier molecular flexibility index (Phi) is 4.36. The number of rotatable bonds is 4. The fourth-order valence-electron chi connectivity index (χ4n) is 3.63. The van der Waals surface area contributed by atoms with Crippen LogP contribution in [0.25, 0.3) is 0 Å². The molecule has 2 aromatic heterocycles. The Morgan fingerprint density at radius 1 is 1.38 bits per heavy atom. The van der Waals surface area contributed by atoms with Crippen LogP contribution in [0.2, 0.25) is 0 Å². The van der Waals surface area contributed by atoms with Crippen LogP contribution < -0.4 is 4.74 Å². The Labute approximate surface area is 151 Å². The molecule has 0 bridgehead atoms. The second kappa shape index (κ2) is 6.68. The summed E-state index contributed by atoms with van der Waals surface area (Å²) in [7, 11) is 0. The molecule has 0 radical (unpaired) electrons. The number of likely N-dealkylation sites (tertiary alicyclic amines) is 1. The maximum absolute atomic E-state index is 12.6. The van der Waals surface area contributed by atoms with E-state index in [4.69, 9.17) is 14.0 Å². The number of carbonyl (C=O) groups excluding carboxylic acids is 1. The molecule has 4 rings (SSSR count). The second-order valence-corrected chi connectivity index (χ2v) is 6.94. The van der Waals surface area contributed by atoms with E-state index in [1.54, 1.807) is 17.3 Å². The molecule has 0 N–H and O–H groups in total. The highest BCUT2D eigenvalue weighted by Gasteiger charge is 2.50. The zero-order chi connectivity index (χ0) is 18.1. The van der Waals surface area contributed by atoms with Crippen LogP contribution >= 0.6 is 0 Å². The van der Waals surface area contributed by atoms with Gasteiger partial charge in [-0.2, -0.15) is 0 Å². The third-order valence-electron chi connectivity index (χ3n) is 4.91. The van der Waals surface area contributed by atoms with Gasteiger partial charge in [-0.1, -0.05) is 12.1 Å². The number of aryl methyl sites for hydroxylation is 2. The SMILES string of the molecule is CCc1oncc1C(=O)N1CC2(C[C@@H](Oc3cncc(C)n3)CCO2)C1. The van der Waals surface area contributed by atoms with E-state index in [0.717, 1.165) is 18.5 Å². The van der Waals surface area contributed by atoms with Gasteiger partial charge >= 0.3 is 0 Å². The molecule has 2 saturated heterocycles. The van der Waals surface area contributed by atoms with Crippen molar-refractivity contribution in [2.24, 2.45) is 0 Å². The van der Waals surface area contributed by atoms with E-state index < -0.39 is 0 Å². The normalized spacial score (nSPS) is 21.5. The highest BCUT2D eigenvalue weighted by atomic mass is 16.5. The molecule has 1 amide bonds. The molecule has 0 aromatic carbocycles. The van der Waals surface area contributed by atoms with Crippen LogP contribution in [0.5, 0.6) is 5.88 Å². The molecule has 26 heavy (non-hydrogen) atoms. The first-order chi connectivity index (χ1) is 12.6. The Bertz CT molecular complexity index is 800. The summed E-state index contributed by atoms with van der Waals surface area (Å²) in [5.41, 5.74) is 1.03. The first-order valence-corrected chi connectivity index (χ1v) is 8.91. The lowest BCUT2D eigenvalue weighted by Crippen LogP contribution is -2.67. The van der Waals surface area contributed by atoms with Gasteiger partial charge in [-0.15, -0.1) is 0 Å². The van der Waals surface area contributed by atoms with Crippen LogP contribution in [0.1, 0.15) is 41.6 Å². The van der Waals surface area contributed by atoms with Gasteiger partial charge < -0.3 is 18.9 Å². The van der Waals surface area contributed by atoms with Crippen molar-refractivity contribution < 1.29 is 18.8 Å². The second-order valence-electron chi connectivity index (χ2n) is 6.94. The average Bonchev–Trinajstić information content (AvgIpc) is 3.08. The molecule has 1 atom stereocenters. The smallest absolute Gasteiger partial charge is 0.259 e. The predicted molar refractivity (Wildman–Crippen MR) is 90.9 cm³/mol. The number of hydrogen-bond donors (Lipinski definition) is 0. The quantitative estimate of drug-likeness (QED) is 0.823. The van der Waals surface area contributed by atoms with Crippen molar-refractivity contribution in [1.29, 1.82) is 0 Å². The van der Waals surface area contributed by atoms with Crippen LogP contribution in [0, 0.1) is 6.92 Å². The highest BCUT2D eigenvalue weighted by molar-refractivity contribution is 5.95. The summed E-state index contributed by atoms with van der Waals surface area (Å²) >= 11 is 0. The van der Waals surface area contributed by atoms with Gasteiger partial charge in [0.25, 0.3) is 5.91 Å². The van der Waals surface area contributed by atoms with Crippen LogP contribution in [-0.2, 0) is 11.2 Å². The van der Waals surface area contributed by atoms with Crippen molar-refractivity contribution in [3.8, 4) is 5.88 Å². The molecule has 2 aliphatic heterocycles. The number of carbonyl (C=O) groups is 1. The summed E-state index contributed by atoms with van der Waals surface area (Å²) in [4.78, 5) is 22.9. The molecule has 0 unspecified atom stereocenters. The van der Waals surface area contributed by atoms with Crippen molar-refractivity contribution >= 4 is 5.91 Å². The fraction of sp³-hybridized carbons (Fsp3) is 0.556. The maximum atomic E-state index is 12.6. The van der Waals surface area contributed by atoms with Crippen molar-refractivity contribution in [3.05, 3.63) is 35.6 Å². The first kappa shape index (κ1) is 17.0. The van der Waals surface area contributed by atoms with Gasteiger partial charge in [0, 0.05) is 25.5 Å². The summed E-state index contributed by atoms with van der Waals surface area (Å²) in [6, 6.07) is 0. The molecule has 2 fully saturated rings. The number of hydrogen-bond acceptors (Lipinski definition) is 7. The van der Waals surface area contributed by atoms with E-state index in [9.17, 15) is 4.79 Å².